The highest BCUT2D eigenvalue weighted by atomic mass is 32.2. The first-order valence-corrected chi connectivity index (χ1v) is 12.5. The fourth-order valence-electron chi connectivity index (χ4n) is 4.26. The second-order valence-electron chi connectivity index (χ2n) is 8.78. The third-order valence-corrected chi connectivity index (χ3v) is 7.19. The average molecular weight is 456 g/mol. The van der Waals surface area contributed by atoms with Crippen LogP contribution in [-0.2, 0) is 9.53 Å². The summed E-state index contributed by atoms with van der Waals surface area (Å²) in [5.41, 5.74) is 2.47. The third-order valence-electron chi connectivity index (χ3n) is 6.20. The third kappa shape index (κ3) is 5.59. The predicted molar refractivity (Wildman–Crippen MR) is 128 cm³/mol. The summed E-state index contributed by atoms with van der Waals surface area (Å²) in [5, 5.41) is 0. The fraction of sp³-hybridized carbons (Fsp3) is 0.500. The number of ether oxygens (including phenoxy) is 3. The van der Waals surface area contributed by atoms with Crippen molar-refractivity contribution in [2.24, 2.45) is 0 Å². The molecule has 2 aliphatic rings. The van der Waals surface area contributed by atoms with Crippen LogP contribution in [0.2, 0.25) is 0 Å². The van der Waals surface area contributed by atoms with Crippen molar-refractivity contribution in [3.05, 3.63) is 53.6 Å². The van der Waals surface area contributed by atoms with Crippen LogP contribution in [0.5, 0.6) is 11.5 Å². The van der Waals surface area contributed by atoms with Crippen molar-refractivity contribution in [2.75, 3.05) is 32.6 Å². The van der Waals surface area contributed by atoms with Crippen molar-refractivity contribution < 1.29 is 19.0 Å². The molecule has 0 N–H and O–H groups in total. The van der Waals surface area contributed by atoms with E-state index in [-0.39, 0.29) is 18.1 Å². The van der Waals surface area contributed by atoms with Crippen molar-refractivity contribution >= 4 is 17.7 Å². The van der Waals surface area contributed by atoms with Crippen molar-refractivity contribution in [3.8, 4) is 11.5 Å². The lowest BCUT2D eigenvalue weighted by atomic mass is 9.98. The molecule has 0 aromatic heterocycles. The Kier molecular flexibility index (Phi) is 7.63. The first-order chi connectivity index (χ1) is 15.5. The number of nitrogens with zero attached hydrogens (tertiary/aromatic N) is 1. The van der Waals surface area contributed by atoms with Gasteiger partial charge in [-0.25, -0.2) is 0 Å². The number of carbonyl (C=O) groups is 1. The minimum absolute atomic E-state index is 0.176. The Bertz CT molecular complexity index is 909. The monoisotopic (exact) mass is 455 g/mol. The van der Waals surface area contributed by atoms with Crippen LogP contribution in [0.3, 0.4) is 0 Å². The number of methoxy groups -OCH3 is 1. The molecule has 0 aliphatic carbocycles. The van der Waals surface area contributed by atoms with E-state index in [2.05, 4.69) is 38.1 Å². The number of thioether (sulfide) groups is 1. The van der Waals surface area contributed by atoms with Crippen molar-refractivity contribution in [1.29, 1.82) is 0 Å². The van der Waals surface area contributed by atoms with Gasteiger partial charge in [0.15, 0.2) is 17.8 Å². The smallest absolute Gasteiger partial charge is 0.223 e. The Morgan fingerprint density at radius 1 is 1.16 bits per heavy atom. The molecule has 6 heteroatoms. The molecular weight excluding hydrogens is 422 g/mol. The number of benzene rings is 2. The maximum atomic E-state index is 12.6. The largest absolute Gasteiger partial charge is 0.493 e. The van der Waals surface area contributed by atoms with E-state index in [0.717, 1.165) is 43.9 Å². The van der Waals surface area contributed by atoms with E-state index in [1.807, 2.05) is 34.9 Å². The molecule has 2 atom stereocenters. The normalized spacial score (nSPS) is 20.9. The van der Waals surface area contributed by atoms with Crippen molar-refractivity contribution in [2.45, 2.75) is 56.1 Å². The molecule has 2 aliphatic heterocycles. The highest BCUT2D eigenvalue weighted by Crippen LogP contribution is 2.36. The zero-order chi connectivity index (χ0) is 22.5. The Morgan fingerprint density at radius 3 is 2.66 bits per heavy atom. The Labute approximate surface area is 195 Å². The van der Waals surface area contributed by atoms with Gasteiger partial charge in [-0.2, -0.15) is 0 Å². The quantitative estimate of drug-likeness (QED) is 0.471. The molecule has 0 bridgehead atoms. The molecule has 5 nitrogen and oxygen atoms in total. The second-order valence-corrected chi connectivity index (χ2v) is 9.95. The van der Waals surface area contributed by atoms with Crippen LogP contribution >= 0.6 is 11.8 Å². The van der Waals surface area contributed by atoms with Gasteiger partial charge in [-0.3, -0.25) is 4.79 Å². The van der Waals surface area contributed by atoms with Crippen LogP contribution in [0, 0.1) is 0 Å². The van der Waals surface area contributed by atoms with Gasteiger partial charge >= 0.3 is 0 Å². The lowest BCUT2D eigenvalue weighted by Crippen LogP contribution is -2.27. The van der Waals surface area contributed by atoms with Gasteiger partial charge in [0.1, 0.15) is 0 Å². The fourth-order valence-corrected chi connectivity index (χ4v) is 5.13. The van der Waals surface area contributed by atoms with Crippen molar-refractivity contribution in [3.63, 3.8) is 0 Å². The molecule has 0 spiro atoms. The van der Waals surface area contributed by atoms with Gasteiger partial charge in [0.2, 0.25) is 5.91 Å². The van der Waals surface area contributed by atoms with Gasteiger partial charge in [0, 0.05) is 42.5 Å². The van der Waals surface area contributed by atoms with Gasteiger partial charge in [0.25, 0.3) is 0 Å². The Balaban J connectivity index is 1.33. The summed E-state index contributed by atoms with van der Waals surface area (Å²) in [6.45, 7) is 6.66. The summed E-state index contributed by atoms with van der Waals surface area (Å²) in [7, 11) is 1.65. The van der Waals surface area contributed by atoms with Crippen LogP contribution in [0.15, 0.2) is 47.4 Å². The molecule has 1 unspecified atom stereocenters. The number of rotatable bonds is 9. The lowest BCUT2D eigenvalue weighted by Gasteiger charge is -2.19. The molecular formula is C26H33NO4S. The minimum Gasteiger partial charge on any atom is -0.493 e. The first kappa shape index (κ1) is 23.0. The van der Waals surface area contributed by atoms with Crippen LogP contribution in [0.25, 0.3) is 0 Å². The van der Waals surface area contributed by atoms with E-state index in [9.17, 15) is 4.79 Å². The molecule has 0 radical (unpaired) electrons. The van der Waals surface area contributed by atoms with Crippen LogP contribution in [0.1, 0.15) is 56.1 Å². The molecule has 4 rings (SSSR count). The van der Waals surface area contributed by atoms with E-state index in [1.54, 1.807) is 7.11 Å². The topological polar surface area (TPSA) is 48.0 Å². The SMILES string of the molecule is COc1ccc([C@@H]2CC(=O)N(CCSc3ccc(C(C)C)cc3)C2)cc1OC1CCCO1. The predicted octanol–water partition coefficient (Wildman–Crippen LogP) is 5.44. The van der Waals surface area contributed by atoms with Crippen LogP contribution in [0.4, 0.5) is 0 Å². The van der Waals surface area contributed by atoms with Gasteiger partial charge in [-0.05, 0) is 47.7 Å². The van der Waals surface area contributed by atoms with Gasteiger partial charge in [0.05, 0.1) is 13.7 Å². The highest BCUT2D eigenvalue weighted by molar-refractivity contribution is 7.99. The molecule has 2 aromatic carbocycles. The molecule has 32 heavy (non-hydrogen) atoms. The Hall–Kier alpha value is -2.18. The first-order valence-electron chi connectivity index (χ1n) is 11.5. The average Bonchev–Trinajstić information content (AvgIpc) is 3.44. The summed E-state index contributed by atoms with van der Waals surface area (Å²) < 4.78 is 17.1. The number of amides is 1. The minimum atomic E-state index is -0.215. The summed E-state index contributed by atoms with van der Waals surface area (Å²) in [6.07, 6.45) is 2.23. The standard InChI is InChI=1S/C26H33NO4S/c1-18(2)19-6-9-22(10-7-19)32-14-12-27-17-21(16-25(27)28)20-8-11-23(29-3)24(15-20)31-26-5-4-13-30-26/h6-11,15,18,21,26H,4-5,12-14,16-17H2,1-3H3/t21-,26?/m1/s1. The van der Waals surface area contributed by atoms with Gasteiger partial charge in [-0.15, -0.1) is 11.8 Å². The van der Waals surface area contributed by atoms with E-state index in [4.69, 9.17) is 14.2 Å². The molecule has 2 aromatic rings. The summed E-state index contributed by atoms with van der Waals surface area (Å²) in [5.74, 6) is 3.24. The number of likely N-dealkylation sites (tertiary alicyclic amines) is 1. The van der Waals surface area contributed by atoms with E-state index >= 15 is 0 Å². The summed E-state index contributed by atoms with van der Waals surface area (Å²) >= 11 is 1.81. The molecule has 2 heterocycles. The zero-order valence-corrected chi connectivity index (χ0v) is 20.0. The maximum Gasteiger partial charge on any atom is 0.223 e. The summed E-state index contributed by atoms with van der Waals surface area (Å²) in [6, 6.07) is 14.8. The number of carbonyl (C=O) groups excluding carboxylic acids is 1. The van der Waals surface area contributed by atoms with Crippen LogP contribution < -0.4 is 9.47 Å². The van der Waals surface area contributed by atoms with Gasteiger partial charge < -0.3 is 19.1 Å². The van der Waals surface area contributed by atoms with Crippen LogP contribution in [-0.4, -0.2) is 49.7 Å². The maximum absolute atomic E-state index is 12.6. The second kappa shape index (κ2) is 10.6. The summed E-state index contributed by atoms with van der Waals surface area (Å²) in [4.78, 5) is 15.9. The van der Waals surface area contributed by atoms with E-state index in [0.29, 0.717) is 23.8 Å². The molecule has 2 saturated heterocycles. The molecule has 0 saturated carbocycles. The Morgan fingerprint density at radius 2 is 1.97 bits per heavy atom. The highest BCUT2D eigenvalue weighted by Gasteiger charge is 2.31. The van der Waals surface area contributed by atoms with E-state index < -0.39 is 0 Å². The van der Waals surface area contributed by atoms with E-state index in [1.165, 1.54) is 10.5 Å². The number of hydrogen-bond donors (Lipinski definition) is 0. The lowest BCUT2D eigenvalue weighted by molar-refractivity contribution is -0.127. The zero-order valence-electron chi connectivity index (χ0n) is 19.2. The number of hydrogen-bond acceptors (Lipinski definition) is 5. The van der Waals surface area contributed by atoms with Crippen molar-refractivity contribution in [1.82, 2.24) is 4.90 Å². The molecule has 1 amide bonds. The van der Waals surface area contributed by atoms with Gasteiger partial charge in [-0.1, -0.05) is 32.0 Å². The molecule has 2 fully saturated rings. The molecule has 172 valence electrons.